The van der Waals surface area contributed by atoms with Crippen LogP contribution in [-0.2, 0) is 16.0 Å². The minimum atomic E-state index is -0.800. The van der Waals surface area contributed by atoms with E-state index in [0.717, 1.165) is 44.7 Å². The molecular weight excluding hydrogens is 421 g/mol. The Labute approximate surface area is 194 Å². The number of carbonyl (C=O) groups is 2. The van der Waals surface area contributed by atoms with Gasteiger partial charge in [0.05, 0.1) is 6.04 Å². The maximum atomic E-state index is 13.8. The van der Waals surface area contributed by atoms with Crippen molar-refractivity contribution >= 4 is 23.2 Å². The minimum absolute atomic E-state index is 0.0246. The lowest BCUT2D eigenvalue weighted by Gasteiger charge is -2.38. The molecule has 0 aromatic heterocycles. The average molecular weight is 454 g/mol. The molecule has 176 valence electrons. The fourth-order valence-corrected chi connectivity index (χ4v) is 4.51. The fraction of sp³-hybridized carbons (Fsp3) is 0.440. The first-order valence-electron chi connectivity index (χ1n) is 11.4. The summed E-state index contributed by atoms with van der Waals surface area (Å²) in [5.41, 5.74) is 4.46. The van der Waals surface area contributed by atoms with E-state index in [9.17, 15) is 14.0 Å². The number of hydrogen-bond donors (Lipinski definition) is 2. The molecule has 2 aromatic carbocycles. The number of carbonyl (C=O) groups excluding carboxylic acids is 2. The Morgan fingerprint density at radius 2 is 1.76 bits per heavy atom. The van der Waals surface area contributed by atoms with E-state index < -0.39 is 17.6 Å². The molecule has 33 heavy (non-hydrogen) atoms. The number of nitrogens with one attached hydrogen (secondary N) is 2. The average Bonchev–Trinajstić information content (AvgIpc) is 3.17. The van der Waals surface area contributed by atoms with Gasteiger partial charge in [-0.05, 0) is 55.3 Å². The first-order chi connectivity index (χ1) is 15.8. The number of rotatable bonds is 5. The Bertz CT molecular complexity index is 1040. The quantitative estimate of drug-likeness (QED) is 0.680. The van der Waals surface area contributed by atoms with E-state index in [1.54, 1.807) is 19.1 Å². The molecule has 2 heterocycles. The van der Waals surface area contributed by atoms with Gasteiger partial charge in [-0.1, -0.05) is 18.2 Å². The van der Waals surface area contributed by atoms with E-state index in [2.05, 4.69) is 57.6 Å². The maximum absolute atomic E-state index is 13.8. The molecule has 1 saturated heterocycles. The highest BCUT2D eigenvalue weighted by molar-refractivity contribution is 6.39. The van der Waals surface area contributed by atoms with Crippen molar-refractivity contribution in [1.82, 2.24) is 15.1 Å². The normalized spacial score (nSPS) is 17.5. The van der Waals surface area contributed by atoms with Gasteiger partial charge >= 0.3 is 11.8 Å². The second-order valence-corrected chi connectivity index (χ2v) is 9.04. The fourth-order valence-electron chi connectivity index (χ4n) is 4.51. The molecular formula is C25H32FN5O2. The number of likely N-dealkylation sites (N-methyl/N-ethyl adjacent to an activating group) is 2. The van der Waals surface area contributed by atoms with Gasteiger partial charge in [0.1, 0.15) is 5.82 Å². The van der Waals surface area contributed by atoms with Crippen molar-refractivity contribution in [3.8, 4) is 0 Å². The van der Waals surface area contributed by atoms with Crippen LogP contribution in [0.2, 0.25) is 0 Å². The molecule has 4 rings (SSSR count). The number of piperazine rings is 1. The van der Waals surface area contributed by atoms with Gasteiger partial charge in [0.15, 0.2) is 0 Å². The number of anilines is 2. The molecule has 0 unspecified atom stereocenters. The summed E-state index contributed by atoms with van der Waals surface area (Å²) in [6.07, 6.45) is 1.01. The summed E-state index contributed by atoms with van der Waals surface area (Å²) in [4.78, 5) is 31.9. The lowest BCUT2D eigenvalue weighted by molar-refractivity contribution is -0.136. The van der Waals surface area contributed by atoms with Crippen LogP contribution in [0.4, 0.5) is 15.8 Å². The first kappa shape index (κ1) is 23.2. The second-order valence-electron chi connectivity index (χ2n) is 9.04. The Morgan fingerprint density at radius 1 is 1.00 bits per heavy atom. The van der Waals surface area contributed by atoms with Gasteiger partial charge in [-0.15, -0.1) is 0 Å². The van der Waals surface area contributed by atoms with Gasteiger partial charge < -0.3 is 20.4 Å². The summed E-state index contributed by atoms with van der Waals surface area (Å²) in [5, 5.41) is 5.28. The van der Waals surface area contributed by atoms with Crippen LogP contribution in [0.1, 0.15) is 22.7 Å². The molecule has 0 aliphatic carbocycles. The lowest BCUT2D eigenvalue weighted by atomic mass is 10.00. The summed E-state index contributed by atoms with van der Waals surface area (Å²) in [6, 6.07) is 10.9. The molecule has 8 heteroatoms. The monoisotopic (exact) mass is 453 g/mol. The third-order valence-electron chi connectivity index (χ3n) is 6.69. The van der Waals surface area contributed by atoms with Crippen molar-refractivity contribution in [1.29, 1.82) is 0 Å². The summed E-state index contributed by atoms with van der Waals surface area (Å²) in [6.45, 7) is 6.67. The number of fused-ring (bicyclic) bond motifs is 1. The molecule has 7 nitrogen and oxygen atoms in total. The van der Waals surface area contributed by atoms with E-state index in [4.69, 9.17) is 0 Å². The molecule has 2 aliphatic heterocycles. The zero-order valence-electron chi connectivity index (χ0n) is 19.5. The zero-order chi connectivity index (χ0) is 23.5. The largest absolute Gasteiger partial charge is 0.374 e. The van der Waals surface area contributed by atoms with Gasteiger partial charge in [-0.25, -0.2) is 4.39 Å². The lowest BCUT2D eigenvalue weighted by Crippen LogP contribution is -2.49. The Hall–Kier alpha value is -2.97. The number of halogens is 1. The van der Waals surface area contributed by atoms with Gasteiger partial charge in [0.25, 0.3) is 0 Å². The summed E-state index contributed by atoms with van der Waals surface area (Å²) in [5.74, 6) is -1.95. The van der Waals surface area contributed by atoms with Crippen LogP contribution in [0.25, 0.3) is 0 Å². The minimum Gasteiger partial charge on any atom is -0.374 e. The van der Waals surface area contributed by atoms with Crippen LogP contribution in [0, 0.1) is 12.7 Å². The standard InChI is InChI=1S/C25H32FN5O2/c1-17-4-6-20(15-21(17)26)28-25(33)24(32)27-16-23(31-12-10-29(2)11-13-31)18-5-7-22-19(14-18)8-9-30(22)3/h4-7,14-15,23H,8-13,16H2,1-3H3,(H,27,32)(H,28,33)/t23-/m0/s1. The molecule has 0 spiro atoms. The number of aryl methyl sites for hydroxylation is 1. The van der Waals surface area contributed by atoms with Crippen molar-refractivity contribution < 1.29 is 14.0 Å². The van der Waals surface area contributed by atoms with Crippen LogP contribution in [-0.4, -0.2) is 75.0 Å². The molecule has 2 amide bonds. The summed E-state index contributed by atoms with van der Waals surface area (Å²) in [7, 11) is 4.21. The Balaban J connectivity index is 1.45. The molecule has 2 aromatic rings. The number of hydrogen-bond acceptors (Lipinski definition) is 5. The molecule has 1 atom stereocenters. The summed E-state index contributed by atoms with van der Waals surface area (Å²) >= 11 is 0. The number of benzene rings is 2. The highest BCUT2D eigenvalue weighted by Gasteiger charge is 2.27. The maximum Gasteiger partial charge on any atom is 0.313 e. The van der Waals surface area contributed by atoms with E-state index in [-0.39, 0.29) is 11.7 Å². The molecule has 2 N–H and O–H groups in total. The van der Waals surface area contributed by atoms with E-state index >= 15 is 0 Å². The van der Waals surface area contributed by atoms with Gasteiger partial charge in [-0.3, -0.25) is 14.5 Å². The van der Waals surface area contributed by atoms with Crippen LogP contribution in [0.5, 0.6) is 0 Å². The van der Waals surface area contributed by atoms with Crippen molar-refractivity contribution in [2.75, 3.05) is 63.6 Å². The van der Waals surface area contributed by atoms with E-state index in [1.165, 1.54) is 17.3 Å². The summed E-state index contributed by atoms with van der Waals surface area (Å²) < 4.78 is 13.8. The highest BCUT2D eigenvalue weighted by atomic mass is 19.1. The van der Waals surface area contributed by atoms with Crippen molar-refractivity contribution in [2.24, 2.45) is 0 Å². The molecule has 0 saturated carbocycles. The second kappa shape index (κ2) is 9.89. The Kier molecular flexibility index (Phi) is 6.95. The predicted octanol–water partition coefficient (Wildman–Crippen LogP) is 2.17. The van der Waals surface area contributed by atoms with Crippen molar-refractivity contribution in [3.05, 3.63) is 58.9 Å². The van der Waals surface area contributed by atoms with Crippen LogP contribution in [0.3, 0.4) is 0 Å². The van der Waals surface area contributed by atoms with Gasteiger partial charge in [-0.2, -0.15) is 0 Å². The predicted molar refractivity (Wildman–Crippen MR) is 128 cm³/mol. The Morgan fingerprint density at radius 3 is 2.48 bits per heavy atom. The third-order valence-corrected chi connectivity index (χ3v) is 6.69. The smallest absolute Gasteiger partial charge is 0.313 e. The van der Waals surface area contributed by atoms with Gasteiger partial charge in [0, 0.05) is 57.7 Å². The number of nitrogens with zero attached hydrogens (tertiary/aromatic N) is 3. The SMILES string of the molecule is Cc1ccc(NC(=O)C(=O)NC[C@@H](c2ccc3c(c2)CCN3C)N2CCN(C)CC2)cc1F. The third kappa shape index (κ3) is 5.34. The molecule has 0 bridgehead atoms. The van der Waals surface area contributed by atoms with Crippen LogP contribution >= 0.6 is 0 Å². The zero-order valence-corrected chi connectivity index (χ0v) is 19.5. The van der Waals surface area contributed by atoms with Crippen LogP contribution in [0.15, 0.2) is 36.4 Å². The highest BCUT2D eigenvalue weighted by Crippen LogP contribution is 2.31. The first-order valence-corrected chi connectivity index (χ1v) is 11.4. The molecule has 2 aliphatic rings. The molecule has 1 fully saturated rings. The molecule has 0 radical (unpaired) electrons. The van der Waals surface area contributed by atoms with E-state index in [0.29, 0.717) is 12.1 Å². The van der Waals surface area contributed by atoms with Crippen LogP contribution < -0.4 is 15.5 Å². The van der Waals surface area contributed by atoms with Crippen molar-refractivity contribution in [2.45, 2.75) is 19.4 Å². The number of amides is 2. The van der Waals surface area contributed by atoms with E-state index in [1.807, 2.05) is 0 Å². The van der Waals surface area contributed by atoms with Crippen molar-refractivity contribution in [3.63, 3.8) is 0 Å². The topological polar surface area (TPSA) is 67.9 Å². The van der Waals surface area contributed by atoms with Gasteiger partial charge in [0.2, 0.25) is 0 Å².